The van der Waals surface area contributed by atoms with Crippen LogP contribution in [0.2, 0.25) is 0 Å². The normalized spacial score (nSPS) is 10.6. The number of nitrogens with two attached hydrogens (primary N) is 1. The Bertz CT molecular complexity index is 268. The van der Waals surface area contributed by atoms with E-state index in [1.807, 2.05) is 32.9 Å². The molecule has 2 heteroatoms. The summed E-state index contributed by atoms with van der Waals surface area (Å²) in [5.41, 5.74) is 9.72. The number of thioether (sulfide) groups is 1. The molecule has 0 heterocycles. The third-order valence-electron chi connectivity index (χ3n) is 1.24. The molecule has 0 radical (unpaired) electrons. The highest BCUT2D eigenvalue weighted by molar-refractivity contribution is 8.06. The van der Waals surface area contributed by atoms with Gasteiger partial charge in [-0.2, -0.15) is 0 Å². The van der Waals surface area contributed by atoms with Crippen molar-refractivity contribution < 1.29 is 0 Å². The van der Waals surface area contributed by atoms with E-state index < -0.39 is 0 Å². The monoisotopic (exact) mass is 195 g/mol. The van der Waals surface area contributed by atoms with E-state index in [4.69, 9.17) is 5.73 Å². The van der Waals surface area contributed by atoms with Crippen LogP contribution in [0.4, 0.5) is 0 Å². The van der Waals surface area contributed by atoms with Crippen LogP contribution in [-0.2, 0) is 0 Å². The van der Waals surface area contributed by atoms with Crippen LogP contribution in [-0.4, -0.2) is 6.54 Å². The molecule has 0 bridgehead atoms. The molecule has 1 nitrogen and oxygen atoms in total. The molecular weight excluding hydrogens is 178 g/mol. The number of rotatable bonds is 4. The molecule has 0 aromatic rings. The third kappa shape index (κ3) is 6.47. The van der Waals surface area contributed by atoms with Crippen molar-refractivity contribution in [2.75, 3.05) is 6.54 Å². The van der Waals surface area contributed by atoms with Gasteiger partial charge in [0.1, 0.15) is 0 Å². The first-order chi connectivity index (χ1) is 6.10. The van der Waals surface area contributed by atoms with Gasteiger partial charge in [0.25, 0.3) is 0 Å². The number of hydrogen-bond donors (Lipinski definition) is 1. The maximum absolute atomic E-state index is 5.58. The molecule has 0 aromatic carbocycles. The second kappa shape index (κ2) is 6.79. The predicted octanol–water partition coefficient (Wildman–Crippen LogP) is 3.22. The van der Waals surface area contributed by atoms with E-state index in [0.29, 0.717) is 6.54 Å². The average Bonchev–Trinajstić information content (AvgIpc) is 2.02. The van der Waals surface area contributed by atoms with Crippen LogP contribution >= 0.6 is 11.8 Å². The highest BCUT2D eigenvalue weighted by atomic mass is 32.2. The zero-order chi connectivity index (χ0) is 10.3. The minimum absolute atomic E-state index is 0.556. The fourth-order valence-corrected chi connectivity index (χ4v) is 1.75. The molecular formula is C11H17NS. The van der Waals surface area contributed by atoms with Crippen molar-refractivity contribution in [3.05, 3.63) is 39.8 Å². The third-order valence-corrected chi connectivity index (χ3v) is 2.21. The Morgan fingerprint density at radius 1 is 1.54 bits per heavy atom. The summed E-state index contributed by atoms with van der Waals surface area (Å²) in [4.78, 5) is 2.25. The molecule has 0 saturated carbocycles. The first-order valence-corrected chi connectivity index (χ1v) is 5.03. The summed E-state index contributed by atoms with van der Waals surface area (Å²) < 4.78 is 0. The number of hydrogen-bond acceptors (Lipinski definition) is 2. The van der Waals surface area contributed by atoms with Crippen molar-refractivity contribution in [3.8, 4) is 0 Å². The van der Waals surface area contributed by atoms with Crippen LogP contribution in [0, 0.1) is 0 Å². The first kappa shape index (κ1) is 12.3. The molecule has 0 aliphatic carbocycles. The highest BCUT2D eigenvalue weighted by Gasteiger charge is 1.96. The van der Waals surface area contributed by atoms with Crippen LogP contribution < -0.4 is 5.73 Å². The molecule has 0 aliphatic rings. The Hall–Kier alpha value is -0.690. The molecule has 0 fully saturated rings. The molecule has 0 rings (SSSR count). The van der Waals surface area contributed by atoms with Crippen LogP contribution in [0.3, 0.4) is 0 Å². The maximum Gasteiger partial charge on any atom is 0.0278 e. The van der Waals surface area contributed by atoms with Crippen LogP contribution in [0.15, 0.2) is 39.8 Å². The minimum atomic E-state index is 0.556. The Morgan fingerprint density at radius 3 is 2.54 bits per heavy atom. The van der Waals surface area contributed by atoms with Gasteiger partial charge in [-0.1, -0.05) is 23.9 Å². The Morgan fingerprint density at radius 2 is 2.15 bits per heavy atom. The number of allylic oxidation sites excluding steroid dienone is 3. The van der Waals surface area contributed by atoms with Crippen LogP contribution in [0.25, 0.3) is 0 Å². The molecule has 2 N–H and O–H groups in total. The van der Waals surface area contributed by atoms with Gasteiger partial charge in [0.05, 0.1) is 0 Å². The second-order valence-electron chi connectivity index (χ2n) is 2.75. The molecule has 0 saturated heterocycles. The van der Waals surface area contributed by atoms with Crippen molar-refractivity contribution in [1.29, 1.82) is 0 Å². The fraction of sp³-hybridized carbons (Fsp3) is 0.364. The van der Waals surface area contributed by atoms with Gasteiger partial charge in [-0.15, -0.1) is 5.73 Å². The van der Waals surface area contributed by atoms with Crippen LogP contribution in [0.1, 0.15) is 20.8 Å². The Kier molecular flexibility index (Phi) is 6.43. The lowest BCUT2D eigenvalue weighted by Gasteiger charge is -2.02. The van der Waals surface area contributed by atoms with Gasteiger partial charge in [-0.25, -0.2) is 0 Å². The lowest BCUT2D eigenvalue weighted by Crippen LogP contribution is -2.00. The summed E-state index contributed by atoms with van der Waals surface area (Å²) in [7, 11) is 0. The first-order valence-electron chi connectivity index (χ1n) is 4.22. The summed E-state index contributed by atoms with van der Waals surface area (Å²) in [6, 6.07) is 0. The van der Waals surface area contributed by atoms with Crippen molar-refractivity contribution in [2.24, 2.45) is 5.73 Å². The molecule has 72 valence electrons. The van der Waals surface area contributed by atoms with Gasteiger partial charge in [0.2, 0.25) is 0 Å². The molecule has 0 aromatic heterocycles. The van der Waals surface area contributed by atoms with Crippen LogP contribution in [0.5, 0.6) is 0 Å². The van der Waals surface area contributed by atoms with E-state index in [9.17, 15) is 0 Å². The molecule has 0 atom stereocenters. The smallest absolute Gasteiger partial charge is 0.0278 e. The lowest BCUT2D eigenvalue weighted by molar-refractivity contribution is 1.23. The highest BCUT2D eigenvalue weighted by Crippen LogP contribution is 2.23. The molecule has 0 aliphatic heterocycles. The topological polar surface area (TPSA) is 26.0 Å². The van der Waals surface area contributed by atoms with E-state index in [-0.39, 0.29) is 0 Å². The molecule has 0 amide bonds. The summed E-state index contributed by atoms with van der Waals surface area (Å²) in [6.07, 6.45) is 3.91. The van der Waals surface area contributed by atoms with Crippen molar-refractivity contribution in [1.82, 2.24) is 0 Å². The zero-order valence-corrected chi connectivity index (χ0v) is 9.37. The van der Waals surface area contributed by atoms with E-state index >= 15 is 0 Å². The van der Waals surface area contributed by atoms with Gasteiger partial charge in [0.15, 0.2) is 0 Å². The largest absolute Gasteiger partial charge is 0.326 e. The molecule has 13 heavy (non-hydrogen) atoms. The van der Waals surface area contributed by atoms with Gasteiger partial charge >= 0.3 is 0 Å². The Balaban J connectivity index is 4.47. The minimum Gasteiger partial charge on any atom is -0.326 e. The summed E-state index contributed by atoms with van der Waals surface area (Å²) >= 11 is 1.65. The lowest BCUT2D eigenvalue weighted by atomic mass is 10.3. The summed E-state index contributed by atoms with van der Waals surface area (Å²) in [5, 5.41) is 0. The fourth-order valence-electron chi connectivity index (χ4n) is 0.834. The van der Waals surface area contributed by atoms with Gasteiger partial charge < -0.3 is 5.73 Å². The predicted molar refractivity (Wildman–Crippen MR) is 62.5 cm³/mol. The maximum atomic E-state index is 5.58. The standard InChI is InChI=1S/C11H17NS/c1-5-6-10(4)13-11(8-12)7-9(2)3/h5,7H,2,8,12H2,1,3-4H3/b11-7-. The molecule has 0 spiro atoms. The summed E-state index contributed by atoms with van der Waals surface area (Å²) in [5.74, 6) is 0. The zero-order valence-electron chi connectivity index (χ0n) is 8.55. The van der Waals surface area contributed by atoms with Gasteiger partial charge in [0, 0.05) is 16.4 Å². The van der Waals surface area contributed by atoms with Gasteiger partial charge in [-0.05, 0) is 32.9 Å². The SMILES string of the molecule is C=C(C)/C=C(/CN)SC(C)=C=CC. The molecule has 0 unspecified atom stereocenters. The quantitative estimate of drug-likeness (QED) is 0.550. The summed E-state index contributed by atoms with van der Waals surface area (Å²) in [6.45, 7) is 10.3. The Labute approximate surface area is 85.1 Å². The van der Waals surface area contributed by atoms with Crippen molar-refractivity contribution in [2.45, 2.75) is 20.8 Å². The van der Waals surface area contributed by atoms with Gasteiger partial charge in [-0.3, -0.25) is 0 Å². The van der Waals surface area contributed by atoms with E-state index in [1.165, 1.54) is 0 Å². The second-order valence-corrected chi connectivity index (χ2v) is 4.09. The average molecular weight is 195 g/mol. The van der Waals surface area contributed by atoms with Crippen molar-refractivity contribution >= 4 is 11.8 Å². The van der Waals surface area contributed by atoms with Crippen molar-refractivity contribution in [3.63, 3.8) is 0 Å². The van der Waals surface area contributed by atoms with E-state index in [0.717, 1.165) is 15.4 Å². The van der Waals surface area contributed by atoms with E-state index in [2.05, 4.69) is 12.3 Å². The van der Waals surface area contributed by atoms with E-state index in [1.54, 1.807) is 11.8 Å².